The Morgan fingerprint density at radius 2 is 1.14 bits per heavy atom. The smallest absolute Gasteiger partial charge is 0.257 e. The summed E-state index contributed by atoms with van der Waals surface area (Å²) in [5.41, 5.74) is 23.4. The van der Waals surface area contributed by atoms with Crippen molar-refractivity contribution >= 4 is 122 Å². The van der Waals surface area contributed by atoms with E-state index in [-0.39, 0.29) is 33.9 Å². The number of rotatable bonds is 4. The highest BCUT2D eigenvalue weighted by Gasteiger charge is 2.58. The van der Waals surface area contributed by atoms with E-state index < -0.39 is 0 Å². The van der Waals surface area contributed by atoms with Crippen LogP contribution in [0.2, 0.25) is 0 Å². The molecule has 16 rings (SSSR count). The number of para-hydroxylation sites is 2. The van der Waals surface area contributed by atoms with E-state index in [1.165, 1.54) is 117 Å². The predicted molar refractivity (Wildman–Crippen MR) is 343 cm³/mol. The van der Waals surface area contributed by atoms with Crippen LogP contribution in [0.5, 0.6) is 0 Å². The number of fused-ring (bicyclic) bond motifs is 15. The lowest BCUT2D eigenvalue weighted by molar-refractivity contribution is 0.195. The Labute approximate surface area is 475 Å². The Hall–Kier alpha value is -7.54. The van der Waals surface area contributed by atoms with Crippen molar-refractivity contribution in [2.75, 3.05) is 14.7 Å². The Balaban J connectivity index is 1.11. The zero-order valence-corrected chi connectivity index (χ0v) is 48.5. The number of anilines is 8. The summed E-state index contributed by atoms with van der Waals surface area (Å²) in [5, 5.41) is 4.92. The van der Waals surface area contributed by atoms with Crippen LogP contribution in [0.4, 0.5) is 45.5 Å². The van der Waals surface area contributed by atoms with Gasteiger partial charge in [-0.15, -0.1) is 11.3 Å². The number of nitrogens with zero attached hydrogens (tertiary/aromatic N) is 3. The van der Waals surface area contributed by atoms with E-state index in [1.54, 1.807) is 0 Å². The van der Waals surface area contributed by atoms with Gasteiger partial charge < -0.3 is 19.1 Å². The van der Waals surface area contributed by atoms with Gasteiger partial charge in [-0.2, -0.15) is 0 Å². The SMILES string of the molecule is CC(C)(C)c1ccc(N2c3cc(N4c5ccccc5C5(C)CCCCC45C)cc4c3B(c3cc5c(cc3N4c3cccc4sc6ccccc6c34)C(C)(C)CCC5(C)C)c3c2ccc2c3oc3ccccc32)c(-c2ccccc2)c1. The van der Waals surface area contributed by atoms with Crippen molar-refractivity contribution in [2.45, 2.75) is 128 Å². The summed E-state index contributed by atoms with van der Waals surface area (Å²) in [7, 11) is 0. The Kier molecular flexibility index (Phi) is 10.0. The number of hydrogen-bond donors (Lipinski definition) is 0. The highest BCUT2D eigenvalue weighted by atomic mass is 32.1. The molecule has 4 nitrogen and oxygen atoms in total. The van der Waals surface area contributed by atoms with Crippen LogP contribution in [-0.4, -0.2) is 12.3 Å². The normalized spacial score (nSPS) is 20.5. The van der Waals surface area contributed by atoms with E-state index in [2.05, 4.69) is 253 Å². The van der Waals surface area contributed by atoms with Crippen LogP contribution in [-0.2, 0) is 21.7 Å². The second-order valence-electron chi connectivity index (χ2n) is 27.0. The van der Waals surface area contributed by atoms with Crippen molar-refractivity contribution < 1.29 is 4.42 Å². The minimum atomic E-state index is -0.174. The quantitative estimate of drug-likeness (QED) is 0.164. The largest absolute Gasteiger partial charge is 0.457 e. The average Bonchev–Trinajstić information content (AvgIpc) is 2.28. The first-order valence-corrected chi connectivity index (χ1v) is 30.3. The van der Waals surface area contributed by atoms with Gasteiger partial charge in [0.05, 0.1) is 16.9 Å². The molecule has 80 heavy (non-hydrogen) atoms. The molecule has 1 fully saturated rings. The van der Waals surface area contributed by atoms with Crippen molar-refractivity contribution in [3.63, 3.8) is 0 Å². The second kappa shape index (κ2) is 16.5. The third-order valence-corrected chi connectivity index (χ3v) is 21.8. The summed E-state index contributed by atoms with van der Waals surface area (Å²) < 4.78 is 10.0. The maximum atomic E-state index is 7.41. The first-order chi connectivity index (χ1) is 38.5. The molecule has 0 N–H and O–H groups in total. The molecule has 0 amide bonds. The molecule has 3 aliphatic heterocycles. The second-order valence-corrected chi connectivity index (χ2v) is 28.0. The van der Waals surface area contributed by atoms with Crippen molar-refractivity contribution in [1.82, 2.24) is 0 Å². The summed E-state index contributed by atoms with van der Waals surface area (Å²) in [6.45, 7) is 22.0. The van der Waals surface area contributed by atoms with Crippen molar-refractivity contribution in [1.29, 1.82) is 0 Å². The zero-order valence-electron chi connectivity index (χ0n) is 47.7. The third-order valence-electron chi connectivity index (χ3n) is 20.6. The van der Waals surface area contributed by atoms with Crippen molar-refractivity contribution in [3.8, 4) is 11.1 Å². The summed E-state index contributed by atoms with van der Waals surface area (Å²) in [6.07, 6.45) is 6.97. The predicted octanol–water partition coefficient (Wildman–Crippen LogP) is 19.1. The molecule has 5 aliphatic rings. The molecular formula is C74H68BN3OS. The number of furan rings is 1. The minimum absolute atomic E-state index is 0.0270. The van der Waals surface area contributed by atoms with E-state index in [4.69, 9.17) is 4.42 Å². The van der Waals surface area contributed by atoms with Crippen LogP contribution in [0.15, 0.2) is 180 Å². The zero-order chi connectivity index (χ0) is 54.4. The molecule has 2 aliphatic carbocycles. The standard InChI is InChI=1S/C74H68BN3OS/c1-70(2,3)46-32-34-56(51(40-46)45-22-11-10-12-23-45)76-59-35-33-49-48-24-13-17-29-63(48)79-69(49)68(59)75-55-43-53-54(72(6,7)39-38-71(53,4)5)44-60(55)77(58-28-21-31-65-66(58)50-25-14-18-30-64(50)80-65)62-42-47(41-61(76)67(62)75)78-57-27-16-15-26-52(57)73(8)36-19-20-37-74(73,78)9/h10-18,21-35,40-44H,19-20,36-39H2,1-9H3. The van der Waals surface area contributed by atoms with Gasteiger partial charge in [0.25, 0.3) is 6.71 Å². The Morgan fingerprint density at radius 3 is 1.93 bits per heavy atom. The lowest BCUT2D eigenvalue weighted by Gasteiger charge is -2.51. The fraction of sp³-hybridized carbons (Fsp3) is 0.270. The molecule has 0 radical (unpaired) electrons. The molecule has 1 saturated carbocycles. The molecule has 0 bridgehead atoms. The molecule has 2 aromatic heterocycles. The van der Waals surface area contributed by atoms with Gasteiger partial charge >= 0.3 is 0 Å². The molecule has 6 heteroatoms. The van der Waals surface area contributed by atoms with Gasteiger partial charge in [0.2, 0.25) is 0 Å². The van der Waals surface area contributed by atoms with Crippen LogP contribution in [0.25, 0.3) is 53.2 Å². The van der Waals surface area contributed by atoms with Gasteiger partial charge in [0, 0.05) is 76.0 Å². The highest BCUT2D eigenvalue weighted by molar-refractivity contribution is 7.26. The molecule has 11 aromatic rings. The van der Waals surface area contributed by atoms with Gasteiger partial charge in [0.1, 0.15) is 11.2 Å². The lowest BCUT2D eigenvalue weighted by atomic mass is 9.33. The van der Waals surface area contributed by atoms with Crippen molar-refractivity contribution in [3.05, 3.63) is 198 Å². The summed E-state index contributed by atoms with van der Waals surface area (Å²) in [4.78, 5) is 8.24. The minimum Gasteiger partial charge on any atom is -0.457 e. The molecule has 5 heterocycles. The lowest BCUT2D eigenvalue weighted by Crippen LogP contribution is -2.62. The van der Waals surface area contributed by atoms with Gasteiger partial charge in [-0.05, 0) is 166 Å². The third kappa shape index (κ3) is 6.51. The molecule has 2 unspecified atom stereocenters. The van der Waals surface area contributed by atoms with Gasteiger partial charge in [-0.25, -0.2) is 0 Å². The number of hydrogen-bond acceptors (Lipinski definition) is 5. The van der Waals surface area contributed by atoms with Crippen LogP contribution in [0.1, 0.15) is 123 Å². The van der Waals surface area contributed by atoms with Crippen LogP contribution < -0.4 is 31.1 Å². The highest BCUT2D eigenvalue weighted by Crippen LogP contribution is 2.62. The Bertz CT molecular complexity index is 4440. The molecule has 0 saturated heterocycles. The fourth-order valence-electron chi connectivity index (χ4n) is 16.0. The van der Waals surface area contributed by atoms with Gasteiger partial charge in [-0.1, -0.05) is 171 Å². The summed E-state index contributed by atoms with van der Waals surface area (Å²) >= 11 is 1.91. The maximum absolute atomic E-state index is 7.41. The molecule has 2 atom stereocenters. The van der Waals surface area contributed by atoms with Gasteiger partial charge in [0.15, 0.2) is 0 Å². The molecular weight excluding hydrogens is 990 g/mol. The van der Waals surface area contributed by atoms with E-state index in [1.807, 2.05) is 11.3 Å². The van der Waals surface area contributed by atoms with Gasteiger partial charge in [-0.3, -0.25) is 0 Å². The topological polar surface area (TPSA) is 22.9 Å². The number of benzene rings is 9. The van der Waals surface area contributed by atoms with E-state index in [9.17, 15) is 0 Å². The van der Waals surface area contributed by atoms with E-state index >= 15 is 0 Å². The first-order valence-electron chi connectivity index (χ1n) is 29.5. The fourth-order valence-corrected chi connectivity index (χ4v) is 17.2. The summed E-state index contributed by atoms with van der Waals surface area (Å²) in [6, 6.07) is 68.2. The Morgan fingerprint density at radius 1 is 0.487 bits per heavy atom. The number of thiophene rings is 1. The molecule has 0 spiro atoms. The van der Waals surface area contributed by atoms with E-state index in [0.717, 1.165) is 59.0 Å². The van der Waals surface area contributed by atoms with Crippen LogP contribution in [0, 0.1) is 0 Å². The first kappa shape index (κ1) is 48.4. The molecule has 9 aromatic carbocycles. The summed E-state index contributed by atoms with van der Waals surface area (Å²) in [5.74, 6) is 0. The van der Waals surface area contributed by atoms with Crippen LogP contribution in [0.3, 0.4) is 0 Å². The van der Waals surface area contributed by atoms with Crippen LogP contribution >= 0.6 is 11.3 Å². The maximum Gasteiger partial charge on any atom is 0.257 e. The van der Waals surface area contributed by atoms with E-state index in [0.29, 0.717) is 0 Å². The molecule has 394 valence electrons. The monoisotopic (exact) mass is 1060 g/mol. The van der Waals surface area contributed by atoms with Crippen molar-refractivity contribution in [2.24, 2.45) is 0 Å². The average molecular weight is 1060 g/mol.